The highest BCUT2D eigenvalue weighted by atomic mass is 19.1. The maximum Gasteiger partial charge on any atom is 0.253 e. The van der Waals surface area contributed by atoms with Crippen LogP contribution in [0.5, 0.6) is 0 Å². The molecule has 0 bridgehead atoms. The highest BCUT2D eigenvalue weighted by molar-refractivity contribution is 6.00. The van der Waals surface area contributed by atoms with Gasteiger partial charge in [0.2, 0.25) is 5.91 Å². The number of ether oxygens (including phenoxy) is 1. The fraction of sp³-hybridized carbons (Fsp3) is 0.273. The molecule has 1 aliphatic rings. The molecule has 0 unspecified atom stereocenters. The second kappa shape index (κ2) is 10.1. The van der Waals surface area contributed by atoms with Crippen LogP contribution in [0.15, 0.2) is 48.9 Å². The third kappa shape index (κ3) is 5.44. The zero-order valence-corrected chi connectivity index (χ0v) is 18.0. The van der Waals surface area contributed by atoms with Crippen molar-refractivity contribution in [3.8, 4) is 0 Å². The van der Waals surface area contributed by atoms with Crippen LogP contribution in [0.1, 0.15) is 10.4 Å². The predicted molar refractivity (Wildman–Crippen MR) is 120 cm³/mol. The molecule has 0 spiro atoms. The van der Waals surface area contributed by atoms with Gasteiger partial charge in [-0.15, -0.1) is 0 Å². The lowest BCUT2D eigenvalue weighted by molar-refractivity contribution is -0.136. The third-order valence-corrected chi connectivity index (χ3v) is 5.09. The van der Waals surface area contributed by atoms with Gasteiger partial charge >= 0.3 is 0 Å². The topological polar surface area (TPSA) is 113 Å². The SMILES string of the molecule is CNC(=O)c1ccccc1Nc1cc(Nc2cnn(CC(=O)N3CCOCC3)c2)ncc1F. The van der Waals surface area contributed by atoms with Crippen molar-refractivity contribution < 1.29 is 18.7 Å². The van der Waals surface area contributed by atoms with Gasteiger partial charge in [0, 0.05) is 32.4 Å². The zero-order chi connectivity index (χ0) is 23.2. The van der Waals surface area contributed by atoms with Gasteiger partial charge < -0.3 is 25.6 Å². The minimum Gasteiger partial charge on any atom is -0.378 e. The van der Waals surface area contributed by atoms with Crippen LogP contribution in [0, 0.1) is 5.82 Å². The summed E-state index contributed by atoms with van der Waals surface area (Å²) in [6.45, 7) is 2.34. The van der Waals surface area contributed by atoms with Gasteiger partial charge in [0.25, 0.3) is 5.91 Å². The van der Waals surface area contributed by atoms with E-state index in [1.165, 1.54) is 17.8 Å². The number of aromatic nitrogens is 3. The van der Waals surface area contributed by atoms with Crippen LogP contribution in [0.2, 0.25) is 0 Å². The Morgan fingerprint density at radius 2 is 1.91 bits per heavy atom. The van der Waals surface area contributed by atoms with Crippen LogP contribution in [0.3, 0.4) is 0 Å². The van der Waals surface area contributed by atoms with Crippen molar-refractivity contribution in [2.45, 2.75) is 6.54 Å². The van der Waals surface area contributed by atoms with Gasteiger partial charge in [-0.05, 0) is 12.1 Å². The van der Waals surface area contributed by atoms with E-state index in [9.17, 15) is 14.0 Å². The summed E-state index contributed by atoms with van der Waals surface area (Å²) in [5, 5.41) is 12.8. The highest BCUT2D eigenvalue weighted by Crippen LogP contribution is 2.26. The molecule has 3 aromatic rings. The number of amides is 2. The molecule has 0 atom stereocenters. The van der Waals surface area contributed by atoms with E-state index in [4.69, 9.17) is 4.74 Å². The smallest absolute Gasteiger partial charge is 0.253 e. The Bertz CT molecular complexity index is 1140. The largest absolute Gasteiger partial charge is 0.378 e. The molecule has 33 heavy (non-hydrogen) atoms. The monoisotopic (exact) mass is 453 g/mol. The minimum absolute atomic E-state index is 0.0332. The lowest BCUT2D eigenvalue weighted by atomic mass is 10.1. The van der Waals surface area contributed by atoms with Crippen LogP contribution in [-0.4, -0.2) is 64.8 Å². The summed E-state index contributed by atoms with van der Waals surface area (Å²) in [6, 6.07) is 8.30. The number of rotatable bonds is 7. The number of para-hydroxylation sites is 1. The van der Waals surface area contributed by atoms with Crippen molar-refractivity contribution in [2.24, 2.45) is 0 Å². The van der Waals surface area contributed by atoms with E-state index in [0.717, 1.165) is 6.20 Å². The summed E-state index contributed by atoms with van der Waals surface area (Å²) in [5.74, 6) is -0.520. The number of carbonyl (C=O) groups is 2. The first-order valence-corrected chi connectivity index (χ1v) is 10.4. The molecule has 0 saturated carbocycles. The van der Waals surface area contributed by atoms with Gasteiger partial charge in [0.1, 0.15) is 12.4 Å². The van der Waals surface area contributed by atoms with Gasteiger partial charge in [-0.3, -0.25) is 14.3 Å². The number of halogens is 1. The first-order valence-electron chi connectivity index (χ1n) is 10.4. The fourth-order valence-corrected chi connectivity index (χ4v) is 3.39. The van der Waals surface area contributed by atoms with Crippen molar-refractivity contribution in [3.63, 3.8) is 0 Å². The van der Waals surface area contributed by atoms with Crippen molar-refractivity contribution in [1.82, 2.24) is 25.0 Å². The molecule has 0 radical (unpaired) electrons. The van der Waals surface area contributed by atoms with E-state index in [1.807, 2.05) is 0 Å². The lowest BCUT2D eigenvalue weighted by Gasteiger charge is -2.26. The summed E-state index contributed by atoms with van der Waals surface area (Å²) in [7, 11) is 1.53. The minimum atomic E-state index is -0.570. The number of hydrogen-bond donors (Lipinski definition) is 3. The maximum atomic E-state index is 14.4. The van der Waals surface area contributed by atoms with Gasteiger partial charge in [0.15, 0.2) is 5.82 Å². The fourth-order valence-electron chi connectivity index (χ4n) is 3.39. The van der Waals surface area contributed by atoms with Crippen LogP contribution in [-0.2, 0) is 16.1 Å². The summed E-state index contributed by atoms with van der Waals surface area (Å²) in [6.07, 6.45) is 4.32. The number of anilines is 4. The molecule has 2 aromatic heterocycles. The summed E-state index contributed by atoms with van der Waals surface area (Å²) >= 11 is 0. The molecule has 1 fully saturated rings. The summed E-state index contributed by atoms with van der Waals surface area (Å²) < 4.78 is 21.2. The number of morpholine rings is 1. The molecule has 2 amide bonds. The van der Waals surface area contributed by atoms with Crippen molar-refractivity contribution >= 4 is 34.7 Å². The normalized spacial score (nSPS) is 13.5. The second-order valence-corrected chi connectivity index (χ2v) is 7.34. The Hall–Kier alpha value is -3.99. The Kier molecular flexibility index (Phi) is 6.79. The first-order chi connectivity index (χ1) is 16.0. The molecule has 11 heteroatoms. The standard InChI is InChI=1S/C22H24FN7O3/c1-24-22(32)16-4-2-3-5-18(16)28-19-10-20(25-12-17(19)23)27-15-11-26-30(13-15)14-21(31)29-6-8-33-9-7-29/h2-5,10-13H,6-9,14H2,1H3,(H,24,32)(H2,25,27,28). The lowest BCUT2D eigenvalue weighted by Crippen LogP contribution is -2.42. The number of nitrogens with one attached hydrogen (secondary N) is 3. The zero-order valence-electron chi connectivity index (χ0n) is 18.0. The highest BCUT2D eigenvalue weighted by Gasteiger charge is 2.17. The third-order valence-electron chi connectivity index (χ3n) is 5.09. The van der Waals surface area contributed by atoms with Gasteiger partial charge in [-0.2, -0.15) is 5.10 Å². The van der Waals surface area contributed by atoms with Gasteiger partial charge in [-0.25, -0.2) is 9.37 Å². The second-order valence-electron chi connectivity index (χ2n) is 7.34. The van der Waals surface area contributed by atoms with E-state index in [2.05, 4.69) is 26.0 Å². The van der Waals surface area contributed by atoms with E-state index in [1.54, 1.807) is 41.6 Å². The van der Waals surface area contributed by atoms with Crippen LogP contribution in [0.4, 0.5) is 27.3 Å². The molecule has 4 rings (SSSR count). The molecule has 10 nitrogen and oxygen atoms in total. The molecule has 0 aliphatic carbocycles. The Morgan fingerprint density at radius 1 is 1.12 bits per heavy atom. The predicted octanol–water partition coefficient (Wildman–Crippen LogP) is 2.12. The van der Waals surface area contributed by atoms with E-state index in [-0.39, 0.29) is 24.0 Å². The maximum absolute atomic E-state index is 14.4. The summed E-state index contributed by atoms with van der Waals surface area (Å²) in [4.78, 5) is 30.3. The van der Waals surface area contributed by atoms with Gasteiger partial charge in [-0.1, -0.05) is 12.1 Å². The molecule has 1 saturated heterocycles. The number of pyridine rings is 1. The van der Waals surface area contributed by atoms with E-state index in [0.29, 0.717) is 49.1 Å². The molecule has 3 heterocycles. The average molecular weight is 453 g/mol. The van der Waals surface area contributed by atoms with Crippen molar-refractivity contribution in [3.05, 3.63) is 60.3 Å². The Balaban J connectivity index is 1.45. The molecular formula is C22H24FN7O3. The van der Waals surface area contributed by atoms with E-state index < -0.39 is 5.82 Å². The van der Waals surface area contributed by atoms with Crippen molar-refractivity contribution in [2.75, 3.05) is 44.0 Å². The Morgan fingerprint density at radius 3 is 2.70 bits per heavy atom. The number of nitrogens with zero attached hydrogens (tertiary/aromatic N) is 4. The molecular weight excluding hydrogens is 429 g/mol. The number of carbonyl (C=O) groups excluding carboxylic acids is 2. The van der Waals surface area contributed by atoms with Crippen LogP contribution >= 0.6 is 0 Å². The molecule has 3 N–H and O–H groups in total. The average Bonchev–Trinajstić information content (AvgIpc) is 3.28. The quantitative estimate of drug-likeness (QED) is 0.502. The molecule has 172 valence electrons. The number of benzene rings is 1. The molecule has 1 aliphatic heterocycles. The van der Waals surface area contributed by atoms with E-state index >= 15 is 0 Å². The summed E-state index contributed by atoms with van der Waals surface area (Å²) in [5.41, 5.74) is 1.60. The van der Waals surface area contributed by atoms with Crippen LogP contribution in [0.25, 0.3) is 0 Å². The van der Waals surface area contributed by atoms with Crippen LogP contribution < -0.4 is 16.0 Å². The Labute approximate surface area is 189 Å². The molecule has 1 aromatic carbocycles. The first kappa shape index (κ1) is 22.2. The number of hydrogen-bond acceptors (Lipinski definition) is 7. The van der Waals surface area contributed by atoms with Gasteiger partial charge in [0.05, 0.1) is 48.2 Å². The van der Waals surface area contributed by atoms with Crippen molar-refractivity contribution in [1.29, 1.82) is 0 Å².